The van der Waals surface area contributed by atoms with Gasteiger partial charge in [0.25, 0.3) is 0 Å². The zero-order chi connectivity index (χ0) is 17.3. The van der Waals surface area contributed by atoms with Crippen LogP contribution in [0.1, 0.15) is 104 Å². The Morgan fingerprint density at radius 1 is 0.870 bits per heavy atom. The molecule has 136 valence electrons. The molecule has 0 rings (SSSR count). The first-order chi connectivity index (χ1) is 11.1. The van der Waals surface area contributed by atoms with Gasteiger partial charge in [0.15, 0.2) is 0 Å². The molecule has 0 N–H and O–H groups in total. The zero-order valence-electron chi connectivity index (χ0n) is 16.0. The number of carbonyl (C=O) groups excluding carboxylic acids is 1. The van der Waals surface area contributed by atoms with E-state index in [0.29, 0.717) is 18.1 Å². The monoisotopic (exact) mass is 324 g/mol. The number of esters is 1. The van der Waals surface area contributed by atoms with Crippen molar-refractivity contribution >= 4 is 5.97 Å². The van der Waals surface area contributed by atoms with Crippen LogP contribution in [0.3, 0.4) is 0 Å². The van der Waals surface area contributed by atoms with Crippen molar-refractivity contribution in [3.05, 3.63) is 12.2 Å². The van der Waals surface area contributed by atoms with Crippen molar-refractivity contribution in [2.75, 3.05) is 6.61 Å². The Labute approximate surface area is 145 Å². The molecule has 0 heterocycles. The molecular weight excluding hydrogens is 284 g/mol. The molecule has 0 saturated heterocycles. The summed E-state index contributed by atoms with van der Waals surface area (Å²) in [5.74, 6) is 0.387. The van der Waals surface area contributed by atoms with Gasteiger partial charge < -0.3 is 4.74 Å². The van der Waals surface area contributed by atoms with Gasteiger partial charge in [0.2, 0.25) is 0 Å². The van der Waals surface area contributed by atoms with Gasteiger partial charge in [0, 0.05) is 5.57 Å². The number of hydrogen-bond donors (Lipinski definition) is 0. The minimum atomic E-state index is -0.258. The normalized spacial score (nSPS) is 12.1. The Morgan fingerprint density at radius 2 is 1.35 bits per heavy atom. The average molecular weight is 325 g/mol. The van der Waals surface area contributed by atoms with Crippen molar-refractivity contribution in [3.8, 4) is 0 Å². The molecule has 23 heavy (non-hydrogen) atoms. The Hall–Kier alpha value is -0.790. The van der Waals surface area contributed by atoms with Gasteiger partial charge >= 0.3 is 5.97 Å². The van der Waals surface area contributed by atoms with Gasteiger partial charge in [0.1, 0.15) is 0 Å². The second kappa shape index (κ2) is 16.1. The quantitative estimate of drug-likeness (QED) is 0.177. The third-order valence-electron chi connectivity index (χ3n) is 4.49. The largest absolute Gasteiger partial charge is 0.462 e. The second-order valence-electron chi connectivity index (χ2n) is 7.13. The molecular formula is C21H40O2. The summed E-state index contributed by atoms with van der Waals surface area (Å²) in [6, 6.07) is 0. The Kier molecular flexibility index (Phi) is 15.5. The molecule has 0 spiro atoms. The van der Waals surface area contributed by atoms with Gasteiger partial charge in [-0.05, 0) is 19.3 Å². The van der Waals surface area contributed by atoms with Gasteiger partial charge in [0.05, 0.1) is 6.61 Å². The van der Waals surface area contributed by atoms with E-state index in [0.717, 1.165) is 6.42 Å². The molecule has 0 bridgehead atoms. The number of hydrogen-bond acceptors (Lipinski definition) is 2. The number of unbranched alkanes of at least 4 members (excludes halogenated alkanes) is 10. The standard InChI is InChI=1S/C21H40O2/c1-5-6-7-8-9-10-11-12-13-14-15-16-20(4)17-18-23-21(22)19(2)3/h20H,2,5-18H2,1,3-4H3. The highest BCUT2D eigenvalue weighted by molar-refractivity contribution is 5.86. The Bertz CT molecular complexity index is 296. The lowest BCUT2D eigenvalue weighted by atomic mass is 9.99. The lowest BCUT2D eigenvalue weighted by molar-refractivity contribution is -0.139. The van der Waals surface area contributed by atoms with Crippen molar-refractivity contribution in [3.63, 3.8) is 0 Å². The molecule has 0 amide bonds. The van der Waals surface area contributed by atoms with Crippen LogP contribution in [0.4, 0.5) is 0 Å². The van der Waals surface area contributed by atoms with Crippen LogP contribution in [0.15, 0.2) is 12.2 Å². The fourth-order valence-corrected chi connectivity index (χ4v) is 2.78. The van der Waals surface area contributed by atoms with E-state index >= 15 is 0 Å². The first-order valence-electron chi connectivity index (χ1n) is 9.90. The van der Waals surface area contributed by atoms with Gasteiger partial charge in [-0.15, -0.1) is 0 Å². The average Bonchev–Trinajstić information content (AvgIpc) is 2.52. The SMILES string of the molecule is C=C(C)C(=O)OCCC(C)CCCCCCCCCCCCC. The Morgan fingerprint density at radius 3 is 1.83 bits per heavy atom. The van der Waals surface area contributed by atoms with Crippen molar-refractivity contribution in [1.82, 2.24) is 0 Å². The fourth-order valence-electron chi connectivity index (χ4n) is 2.78. The highest BCUT2D eigenvalue weighted by Crippen LogP contribution is 2.16. The maximum Gasteiger partial charge on any atom is 0.333 e. The molecule has 1 atom stereocenters. The molecule has 0 aromatic carbocycles. The molecule has 0 aliphatic rings. The smallest absolute Gasteiger partial charge is 0.333 e. The third kappa shape index (κ3) is 15.9. The third-order valence-corrected chi connectivity index (χ3v) is 4.49. The van der Waals surface area contributed by atoms with E-state index in [2.05, 4.69) is 20.4 Å². The van der Waals surface area contributed by atoms with Gasteiger partial charge in [-0.3, -0.25) is 0 Å². The topological polar surface area (TPSA) is 26.3 Å². The lowest BCUT2D eigenvalue weighted by Gasteiger charge is -2.11. The molecule has 0 radical (unpaired) electrons. The summed E-state index contributed by atoms with van der Waals surface area (Å²) in [6.45, 7) is 10.3. The van der Waals surface area contributed by atoms with E-state index in [9.17, 15) is 4.79 Å². The zero-order valence-corrected chi connectivity index (χ0v) is 16.0. The van der Waals surface area contributed by atoms with E-state index in [4.69, 9.17) is 4.74 Å². The van der Waals surface area contributed by atoms with Crippen LogP contribution >= 0.6 is 0 Å². The summed E-state index contributed by atoms with van der Waals surface area (Å²) in [5, 5.41) is 0. The lowest BCUT2D eigenvalue weighted by Crippen LogP contribution is -2.09. The summed E-state index contributed by atoms with van der Waals surface area (Å²) in [5.41, 5.74) is 0.489. The van der Waals surface area contributed by atoms with E-state index in [1.165, 1.54) is 77.0 Å². The summed E-state index contributed by atoms with van der Waals surface area (Å²) in [7, 11) is 0. The predicted octanol–water partition coefficient (Wildman–Crippen LogP) is 6.83. The predicted molar refractivity (Wildman–Crippen MR) is 101 cm³/mol. The summed E-state index contributed by atoms with van der Waals surface area (Å²) in [4.78, 5) is 11.3. The van der Waals surface area contributed by atoms with E-state index in [1.807, 2.05) is 0 Å². The first-order valence-corrected chi connectivity index (χ1v) is 9.90. The maximum atomic E-state index is 11.3. The van der Waals surface area contributed by atoms with Crippen LogP contribution < -0.4 is 0 Å². The van der Waals surface area contributed by atoms with E-state index < -0.39 is 0 Å². The fraction of sp³-hybridized carbons (Fsp3) is 0.857. The number of ether oxygens (including phenoxy) is 1. The summed E-state index contributed by atoms with van der Waals surface area (Å²) < 4.78 is 5.14. The van der Waals surface area contributed by atoms with Crippen LogP contribution in [0.2, 0.25) is 0 Å². The first kappa shape index (κ1) is 22.2. The molecule has 0 fully saturated rings. The molecule has 1 unspecified atom stereocenters. The van der Waals surface area contributed by atoms with Crippen LogP contribution in [0, 0.1) is 5.92 Å². The van der Waals surface area contributed by atoms with Gasteiger partial charge in [-0.25, -0.2) is 4.79 Å². The highest BCUT2D eigenvalue weighted by Gasteiger charge is 2.06. The number of rotatable bonds is 16. The van der Waals surface area contributed by atoms with Crippen molar-refractivity contribution in [1.29, 1.82) is 0 Å². The summed E-state index contributed by atoms with van der Waals surface area (Å²) in [6.07, 6.45) is 17.5. The molecule has 0 aliphatic carbocycles. The van der Waals surface area contributed by atoms with E-state index in [1.54, 1.807) is 6.92 Å². The molecule has 2 nitrogen and oxygen atoms in total. The minimum Gasteiger partial charge on any atom is -0.462 e. The van der Waals surface area contributed by atoms with Crippen molar-refractivity contribution in [2.24, 2.45) is 5.92 Å². The second-order valence-corrected chi connectivity index (χ2v) is 7.13. The van der Waals surface area contributed by atoms with E-state index in [-0.39, 0.29) is 5.97 Å². The van der Waals surface area contributed by atoms with Gasteiger partial charge in [-0.2, -0.15) is 0 Å². The van der Waals surface area contributed by atoms with Crippen molar-refractivity contribution < 1.29 is 9.53 Å². The minimum absolute atomic E-state index is 0.258. The number of carbonyl (C=O) groups is 1. The van der Waals surface area contributed by atoms with Crippen molar-refractivity contribution in [2.45, 2.75) is 104 Å². The molecule has 0 saturated carbocycles. The summed E-state index contributed by atoms with van der Waals surface area (Å²) >= 11 is 0. The van der Waals surface area contributed by atoms with Crippen LogP contribution in [-0.4, -0.2) is 12.6 Å². The van der Waals surface area contributed by atoms with Crippen LogP contribution in [-0.2, 0) is 9.53 Å². The Balaban J connectivity index is 3.25. The molecule has 2 heteroatoms. The highest BCUT2D eigenvalue weighted by atomic mass is 16.5. The maximum absolute atomic E-state index is 11.3. The van der Waals surface area contributed by atoms with Crippen LogP contribution in [0.5, 0.6) is 0 Å². The van der Waals surface area contributed by atoms with Gasteiger partial charge in [-0.1, -0.05) is 97.5 Å². The van der Waals surface area contributed by atoms with Crippen LogP contribution in [0.25, 0.3) is 0 Å². The molecule has 0 aromatic rings. The molecule has 0 aliphatic heterocycles. The molecule has 0 aromatic heterocycles.